The van der Waals surface area contributed by atoms with Gasteiger partial charge in [0.15, 0.2) is 16.7 Å². The summed E-state index contributed by atoms with van der Waals surface area (Å²) in [5, 5.41) is 12.4. The van der Waals surface area contributed by atoms with E-state index in [0.717, 1.165) is 22.4 Å². The van der Waals surface area contributed by atoms with Crippen molar-refractivity contribution in [3.63, 3.8) is 0 Å². The van der Waals surface area contributed by atoms with Gasteiger partial charge in [0.2, 0.25) is 0 Å². The minimum atomic E-state index is -0.969. The maximum Gasteiger partial charge on any atom is 0.335 e. The van der Waals surface area contributed by atoms with Crippen molar-refractivity contribution in [2.24, 2.45) is 4.99 Å². The van der Waals surface area contributed by atoms with E-state index in [4.69, 9.17) is 14.6 Å². The first kappa shape index (κ1) is 24.1. The molecule has 0 atom stereocenters. The number of amidine groups is 1. The van der Waals surface area contributed by atoms with Crippen LogP contribution in [-0.2, 0) is 11.4 Å². The highest BCUT2D eigenvalue weighted by Crippen LogP contribution is 2.33. The van der Waals surface area contributed by atoms with Crippen molar-refractivity contribution in [2.45, 2.75) is 20.5 Å². The Morgan fingerprint density at radius 2 is 1.77 bits per heavy atom. The Morgan fingerprint density at radius 3 is 2.46 bits per heavy atom. The van der Waals surface area contributed by atoms with E-state index in [1.54, 1.807) is 36.4 Å². The van der Waals surface area contributed by atoms with Crippen molar-refractivity contribution < 1.29 is 24.2 Å². The molecule has 0 bridgehead atoms. The number of nitrogens with one attached hydrogen (secondary N) is 1. The van der Waals surface area contributed by atoms with Crippen LogP contribution in [0.3, 0.4) is 0 Å². The number of carbonyl (C=O) groups is 2. The first-order valence-electron chi connectivity index (χ1n) is 11.0. The van der Waals surface area contributed by atoms with Gasteiger partial charge in [-0.3, -0.25) is 4.79 Å². The highest BCUT2D eigenvalue weighted by Gasteiger charge is 2.24. The molecule has 8 heteroatoms. The van der Waals surface area contributed by atoms with Gasteiger partial charge in [0, 0.05) is 0 Å². The molecular weight excluding hydrogens is 464 g/mol. The van der Waals surface area contributed by atoms with E-state index in [1.165, 1.54) is 11.8 Å². The van der Waals surface area contributed by atoms with Crippen molar-refractivity contribution in [1.29, 1.82) is 0 Å². The quantitative estimate of drug-likeness (QED) is 0.403. The van der Waals surface area contributed by atoms with E-state index in [0.29, 0.717) is 28.2 Å². The second kappa shape index (κ2) is 10.9. The number of carboxylic acids is 1. The summed E-state index contributed by atoms with van der Waals surface area (Å²) in [7, 11) is 0. The fourth-order valence-corrected chi connectivity index (χ4v) is 4.12. The first-order valence-corrected chi connectivity index (χ1v) is 11.8. The molecule has 0 aromatic heterocycles. The third-order valence-electron chi connectivity index (χ3n) is 5.08. The minimum absolute atomic E-state index is 0.205. The lowest BCUT2D eigenvalue weighted by atomic mass is 10.1. The summed E-state index contributed by atoms with van der Waals surface area (Å²) in [6, 6.07) is 19.7. The Balaban J connectivity index is 1.48. The molecule has 1 saturated heterocycles. The van der Waals surface area contributed by atoms with Crippen LogP contribution in [0.4, 0.5) is 5.69 Å². The Bertz CT molecular complexity index is 1300. The number of amides is 1. The molecule has 0 aliphatic carbocycles. The summed E-state index contributed by atoms with van der Waals surface area (Å²) in [6.45, 7) is 4.60. The molecule has 1 aliphatic heterocycles. The molecule has 7 nitrogen and oxygen atoms in total. The van der Waals surface area contributed by atoms with Gasteiger partial charge >= 0.3 is 5.97 Å². The molecule has 0 spiro atoms. The van der Waals surface area contributed by atoms with Gasteiger partial charge in [-0.25, -0.2) is 9.79 Å². The highest BCUT2D eigenvalue weighted by molar-refractivity contribution is 8.18. The van der Waals surface area contributed by atoms with E-state index < -0.39 is 5.97 Å². The molecular formula is C27H24N2O5S. The molecule has 3 aromatic rings. The molecule has 1 heterocycles. The maximum atomic E-state index is 12.5. The van der Waals surface area contributed by atoms with E-state index in [9.17, 15) is 9.59 Å². The fraction of sp³-hybridized carbons (Fsp3) is 0.148. The minimum Gasteiger partial charge on any atom is -0.490 e. The zero-order valence-electron chi connectivity index (χ0n) is 19.3. The van der Waals surface area contributed by atoms with Crippen LogP contribution in [0.1, 0.15) is 34.0 Å². The number of ether oxygens (including phenoxy) is 2. The van der Waals surface area contributed by atoms with Crippen LogP contribution >= 0.6 is 11.8 Å². The van der Waals surface area contributed by atoms with Crippen LogP contribution < -0.4 is 14.8 Å². The predicted octanol–water partition coefficient (Wildman–Crippen LogP) is 5.56. The third kappa shape index (κ3) is 6.30. The lowest BCUT2D eigenvalue weighted by molar-refractivity contribution is -0.115. The Hall–Kier alpha value is -4.04. The number of hydrogen-bond donors (Lipinski definition) is 2. The van der Waals surface area contributed by atoms with Crippen molar-refractivity contribution in [1.82, 2.24) is 5.32 Å². The van der Waals surface area contributed by atoms with Crippen LogP contribution in [0.5, 0.6) is 11.5 Å². The topological polar surface area (TPSA) is 97.2 Å². The first-order chi connectivity index (χ1) is 16.9. The Labute approximate surface area is 207 Å². The molecule has 0 unspecified atom stereocenters. The number of benzene rings is 3. The number of rotatable bonds is 8. The SMILES string of the molecule is CCOc1cc(/C=C2\SC(=Nc3ccc(C)cc3)NC2=O)ccc1OCc1ccc(C(=O)O)cc1. The third-order valence-corrected chi connectivity index (χ3v) is 5.99. The summed E-state index contributed by atoms with van der Waals surface area (Å²) in [5.41, 5.74) is 3.77. The van der Waals surface area contributed by atoms with Crippen molar-refractivity contribution in [3.8, 4) is 11.5 Å². The van der Waals surface area contributed by atoms with Gasteiger partial charge in [-0.15, -0.1) is 0 Å². The van der Waals surface area contributed by atoms with Gasteiger partial charge in [-0.2, -0.15) is 0 Å². The molecule has 0 radical (unpaired) electrons. The lowest BCUT2D eigenvalue weighted by Crippen LogP contribution is -2.19. The molecule has 1 aliphatic rings. The van der Waals surface area contributed by atoms with E-state index in [1.807, 2.05) is 50.2 Å². The maximum absolute atomic E-state index is 12.5. The number of thioether (sulfide) groups is 1. The normalized spacial score (nSPS) is 15.3. The van der Waals surface area contributed by atoms with Crippen molar-refractivity contribution in [3.05, 3.63) is 93.9 Å². The zero-order valence-corrected chi connectivity index (χ0v) is 20.1. The molecule has 178 valence electrons. The van der Waals surface area contributed by atoms with E-state index >= 15 is 0 Å². The number of aliphatic imine (C=N–C) groups is 1. The lowest BCUT2D eigenvalue weighted by Gasteiger charge is -2.13. The predicted molar refractivity (Wildman–Crippen MR) is 137 cm³/mol. The standard InChI is InChI=1S/C27H24N2O5S/c1-3-33-23-14-19(8-13-22(23)34-16-18-6-9-20(10-7-18)26(31)32)15-24-25(30)29-27(35-24)28-21-11-4-17(2)5-12-21/h4-15H,3,16H2,1-2H3,(H,31,32)(H,28,29,30)/b24-15-. The molecule has 0 saturated carbocycles. The van der Waals surface area contributed by atoms with Gasteiger partial charge in [-0.05, 0) is 79.2 Å². The monoisotopic (exact) mass is 488 g/mol. The Morgan fingerprint density at radius 1 is 1.03 bits per heavy atom. The average Bonchev–Trinajstić information content (AvgIpc) is 3.18. The molecule has 2 N–H and O–H groups in total. The smallest absolute Gasteiger partial charge is 0.335 e. The number of hydrogen-bond acceptors (Lipinski definition) is 6. The van der Waals surface area contributed by atoms with Crippen molar-refractivity contribution in [2.75, 3.05) is 6.61 Å². The number of carboxylic acid groups (broad SMARTS) is 1. The van der Waals surface area contributed by atoms with Crippen LogP contribution in [0.15, 0.2) is 76.6 Å². The van der Waals surface area contributed by atoms with Gasteiger partial charge in [0.25, 0.3) is 5.91 Å². The highest BCUT2D eigenvalue weighted by atomic mass is 32.2. The largest absolute Gasteiger partial charge is 0.490 e. The summed E-state index contributed by atoms with van der Waals surface area (Å²) < 4.78 is 11.7. The van der Waals surface area contributed by atoms with Gasteiger partial charge in [-0.1, -0.05) is 35.9 Å². The molecule has 1 fully saturated rings. The van der Waals surface area contributed by atoms with Crippen LogP contribution in [0, 0.1) is 6.92 Å². The summed E-state index contributed by atoms with van der Waals surface area (Å²) in [6.07, 6.45) is 1.79. The van der Waals surface area contributed by atoms with E-state index in [2.05, 4.69) is 10.3 Å². The fourth-order valence-electron chi connectivity index (χ4n) is 3.28. The van der Waals surface area contributed by atoms with E-state index in [-0.39, 0.29) is 18.1 Å². The van der Waals surface area contributed by atoms with Crippen LogP contribution in [0.2, 0.25) is 0 Å². The van der Waals surface area contributed by atoms with Crippen molar-refractivity contribution >= 4 is 40.6 Å². The second-order valence-corrected chi connectivity index (χ2v) is 8.78. The second-order valence-electron chi connectivity index (χ2n) is 7.75. The van der Waals surface area contributed by atoms with Gasteiger partial charge in [0.1, 0.15) is 6.61 Å². The zero-order chi connectivity index (χ0) is 24.8. The van der Waals surface area contributed by atoms with Gasteiger partial charge in [0.05, 0.1) is 22.8 Å². The van der Waals surface area contributed by atoms with Crippen LogP contribution in [0.25, 0.3) is 6.08 Å². The van der Waals surface area contributed by atoms with Crippen LogP contribution in [-0.4, -0.2) is 28.8 Å². The average molecular weight is 489 g/mol. The summed E-state index contributed by atoms with van der Waals surface area (Å²) in [5.74, 6) is -0.0603. The number of carbonyl (C=O) groups excluding carboxylic acids is 1. The molecule has 4 rings (SSSR count). The molecule has 1 amide bonds. The molecule has 35 heavy (non-hydrogen) atoms. The summed E-state index contributed by atoms with van der Waals surface area (Å²) >= 11 is 1.28. The molecule has 3 aromatic carbocycles. The summed E-state index contributed by atoms with van der Waals surface area (Å²) in [4.78, 5) is 28.5. The number of aromatic carboxylic acids is 1. The number of aryl methyl sites for hydroxylation is 1. The van der Waals surface area contributed by atoms with Gasteiger partial charge < -0.3 is 19.9 Å². The number of nitrogens with zero attached hydrogens (tertiary/aromatic N) is 1. The Kier molecular flexibility index (Phi) is 7.52.